The molecule has 1 N–H and O–H groups in total. The van der Waals surface area contributed by atoms with E-state index in [2.05, 4.69) is 48.3 Å². The number of hydrogen-bond acceptors (Lipinski definition) is 3. The van der Waals surface area contributed by atoms with Gasteiger partial charge < -0.3 is 15.1 Å². The Morgan fingerprint density at radius 2 is 1.71 bits per heavy atom. The van der Waals surface area contributed by atoms with Crippen molar-refractivity contribution in [1.82, 2.24) is 4.90 Å². The van der Waals surface area contributed by atoms with Gasteiger partial charge >= 0.3 is 0 Å². The third-order valence-electron chi connectivity index (χ3n) is 5.32. The van der Waals surface area contributed by atoms with Gasteiger partial charge in [-0.1, -0.05) is 37.3 Å². The predicted molar refractivity (Wildman–Crippen MR) is 114 cm³/mol. The van der Waals surface area contributed by atoms with E-state index in [4.69, 9.17) is 0 Å². The zero-order chi connectivity index (χ0) is 20.1. The van der Waals surface area contributed by atoms with Crippen LogP contribution in [0, 0.1) is 13.8 Å². The summed E-state index contributed by atoms with van der Waals surface area (Å²) in [4.78, 5) is 29.1. The lowest BCUT2D eigenvalue weighted by molar-refractivity contribution is -0.134. The molecule has 2 amide bonds. The summed E-state index contributed by atoms with van der Waals surface area (Å²) in [7, 11) is 0. The van der Waals surface area contributed by atoms with Crippen molar-refractivity contribution in [1.29, 1.82) is 0 Å². The highest BCUT2D eigenvalue weighted by Gasteiger charge is 2.23. The van der Waals surface area contributed by atoms with Crippen LogP contribution in [-0.4, -0.2) is 42.9 Å². The number of hydrogen-bond donors (Lipinski definition) is 1. The predicted octanol–water partition coefficient (Wildman–Crippen LogP) is 3.54. The molecule has 0 saturated carbocycles. The number of rotatable bonds is 5. The van der Waals surface area contributed by atoms with Crippen molar-refractivity contribution in [3.05, 3.63) is 59.2 Å². The summed E-state index contributed by atoms with van der Waals surface area (Å²) in [6.07, 6.45) is 0.730. The Bertz CT molecular complexity index is 855. The van der Waals surface area contributed by atoms with E-state index in [1.807, 2.05) is 25.1 Å². The van der Waals surface area contributed by atoms with Crippen LogP contribution >= 0.6 is 0 Å². The van der Waals surface area contributed by atoms with Crippen molar-refractivity contribution in [2.45, 2.75) is 33.6 Å². The summed E-state index contributed by atoms with van der Waals surface area (Å²) >= 11 is 0. The standard InChI is InChI=1S/C23H29N3O2/c1-4-19-9-6-8-18(3)23(19)24-21(27)16-22(28)26-13-11-25(12-14-26)20-10-5-7-17(2)15-20/h5-10,15H,4,11-14,16H2,1-3H3,(H,24,27). The van der Waals surface area contributed by atoms with Crippen LogP contribution in [0.5, 0.6) is 0 Å². The highest BCUT2D eigenvalue weighted by Crippen LogP contribution is 2.22. The molecule has 0 radical (unpaired) electrons. The molecular weight excluding hydrogens is 350 g/mol. The average molecular weight is 380 g/mol. The average Bonchev–Trinajstić information content (AvgIpc) is 2.69. The van der Waals surface area contributed by atoms with E-state index in [0.29, 0.717) is 13.1 Å². The lowest BCUT2D eigenvalue weighted by Gasteiger charge is -2.36. The first-order valence-electron chi connectivity index (χ1n) is 9.95. The largest absolute Gasteiger partial charge is 0.368 e. The van der Waals surface area contributed by atoms with Gasteiger partial charge in [-0.25, -0.2) is 0 Å². The zero-order valence-corrected chi connectivity index (χ0v) is 17.0. The first-order valence-corrected chi connectivity index (χ1v) is 9.95. The summed E-state index contributed by atoms with van der Waals surface area (Å²) in [5.41, 5.74) is 5.37. The molecule has 1 heterocycles. The van der Waals surface area contributed by atoms with E-state index >= 15 is 0 Å². The van der Waals surface area contributed by atoms with Gasteiger partial charge in [0.25, 0.3) is 0 Å². The first-order chi connectivity index (χ1) is 13.5. The van der Waals surface area contributed by atoms with Crippen molar-refractivity contribution in [2.75, 3.05) is 36.4 Å². The van der Waals surface area contributed by atoms with Gasteiger partial charge in [0.1, 0.15) is 6.42 Å². The topological polar surface area (TPSA) is 52.7 Å². The molecule has 148 valence electrons. The molecule has 5 heteroatoms. The highest BCUT2D eigenvalue weighted by atomic mass is 16.2. The number of benzene rings is 2. The minimum absolute atomic E-state index is 0.104. The Balaban J connectivity index is 1.54. The third-order valence-corrected chi connectivity index (χ3v) is 5.32. The number of nitrogens with zero attached hydrogens (tertiary/aromatic N) is 2. The summed E-state index contributed by atoms with van der Waals surface area (Å²) in [5.74, 6) is -0.344. The maximum atomic E-state index is 12.6. The third kappa shape index (κ3) is 4.71. The van der Waals surface area contributed by atoms with Gasteiger partial charge in [0.2, 0.25) is 11.8 Å². The molecule has 0 spiro atoms. The molecule has 2 aromatic carbocycles. The molecule has 1 aliphatic heterocycles. The number of aryl methyl sites for hydroxylation is 3. The molecule has 5 nitrogen and oxygen atoms in total. The quantitative estimate of drug-likeness (QED) is 0.809. The second kappa shape index (κ2) is 8.91. The van der Waals surface area contributed by atoms with Gasteiger partial charge in [-0.3, -0.25) is 9.59 Å². The van der Waals surface area contributed by atoms with Crippen molar-refractivity contribution in [2.24, 2.45) is 0 Å². The van der Waals surface area contributed by atoms with Gasteiger partial charge in [-0.2, -0.15) is 0 Å². The molecule has 28 heavy (non-hydrogen) atoms. The minimum Gasteiger partial charge on any atom is -0.368 e. The van der Waals surface area contributed by atoms with Crippen LogP contribution in [0.3, 0.4) is 0 Å². The van der Waals surface area contributed by atoms with E-state index < -0.39 is 0 Å². The van der Waals surface area contributed by atoms with Crippen molar-refractivity contribution < 1.29 is 9.59 Å². The molecule has 3 rings (SSSR count). The fourth-order valence-electron chi connectivity index (χ4n) is 3.67. The summed E-state index contributed by atoms with van der Waals surface area (Å²) in [6, 6.07) is 14.4. The van der Waals surface area contributed by atoms with E-state index in [-0.39, 0.29) is 18.2 Å². The second-order valence-electron chi connectivity index (χ2n) is 7.39. The first kappa shape index (κ1) is 19.9. The maximum Gasteiger partial charge on any atom is 0.233 e. The smallest absolute Gasteiger partial charge is 0.233 e. The molecule has 0 aliphatic carbocycles. The van der Waals surface area contributed by atoms with Crippen LogP contribution in [-0.2, 0) is 16.0 Å². The van der Waals surface area contributed by atoms with E-state index in [9.17, 15) is 9.59 Å². The van der Waals surface area contributed by atoms with Crippen LogP contribution in [0.25, 0.3) is 0 Å². The van der Waals surface area contributed by atoms with Crippen molar-refractivity contribution in [3.63, 3.8) is 0 Å². The van der Waals surface area contributed by atoms with Crippen molar-refractivity contribution >= 4 is 23.2 Å². The number of carbonyl (C=O) groups excluding carboxylic acids is 2. The molecule has 2 aromatic rings. The number of nitrogens with one attached hydrogen (secondary N) is 1. The Morgan fingerprint density at radius 3 is 2.39 bits per heavy atom. The number of carbonyl (C=O) groups is 2. The number of amides is 2. The van der Waals surface area contributed by atoms with Crippen LogP contribution < -0.4 is 10.2 Å². The second-order valence-corrected chi connectivity index (χ2v) is 7.39. The fourth-order valence-corrected chi connectivity index (χ4v) is 3.67. The van der Waals surface area contributed by atoms with Crippen LogP contribution in [0.15, 0.2) is 42.5 Å². The van der Waals surface area contributed by atoms with Gasteiger partial charge in [0, 0.05) is 37.6 Å². The van der Waals surface area contributed by atoms with Crippen LogP contribution in [0.4, 0.5) is 11.4 Å². The molecule has 1 saturated heterocycles. The molecule has 1 fully saturated rings. The van der Waals surface area contributed by atoms with E-state index in [1.54, 1.807) is 4.90 Å². The fraction of sp³-hybridized carbons (Fsp3) is 0.391. The highest BCUT2D eigenvalue weighted by molar-refractivity contribution is 6.04. The molecule has 0 atom stereocenters. The Labute approximate surface area is 167 Å². The minimum atomic E-state index is -0.241. The van der Waals surface area contributed by atoms with Gasteiger partial charge in [0.05, 0.1) is 0 Å². The number of piperazine rings is 1. The SMILES string of the molecule is CCc1cccc(C)c1NC(=O)CC(=O)N1CCN(c2cccc(C)c2)CC1. The summed E-state index contributed by atoms with van der Waals surface area (Å²) in [5, 5.41) is 2.94. The van der Waals surface area contributed by atoms with Gasteiger partial charge in [-0.05, 0) is 49.1 Å². The molecule has 0 aromatic heterocycles. The van der Waals surface area contributed by atoms with Gasteiger partial charge in [0.15, 0.2) is 0 Å². The normalized spacial score (nSPS) is 14.1. The number of para-hydroxylation sites is 1. The zero-order valence-electron chi connectivity index (χ0n) is 17.0. The molecular formula is C23H29N3O2. The summed E-state index contributed by atoms with van der Waals surface area (Å²) in [6.45, 7) is 8.98. The Morgan fingerprint density at radius 1 is 1.00 bits per heavy atom. The van der Waals surface area contributed by atoms with E-state index in [1.165, 1.54) is 11.3 Å². The monoisotopic (exact) mass is 379 g/mol. The summed E-state index contributed by atoms with van der Waals surface area (Å²) < 4.78 is 0. The molecule has 0 bridgehead atoms. The maximum absolute atomic E-state index is 12.6. The van der Waals surface area contributed by atoms with E-state index in [0.717, 1.165) is 36.3 Å². The Hall–Kier alpha value is -2.82. The lowest BCUT2D eigenvalue weighted by atomic mass is 10.1. The molecule has 1 aliphatic rings. The van der Waals surface area contributed by atoms with Crippen LogP contribution in [0.2, 0.25) is 0 Å². The lowest BCUT2D eigenvalue weighted by Crippen LogP contribution is -2.49. The van der Waals surface area contributed by atoms with Crippen LogP contribution in [0.1, 0.15) is 30.0 Å². The van der Waals surface area contributed by atoms with Crippen molar-refractivity contribution in [3.8, 4) is 0 Å². The van der Waals surface area contributed by atoms with Gasteiger partial charge in [-0.15, -0.1) is 0 Å². The Kier molecular flexibility index (Phi) is 6.34. The molecule has 0 unspecified atom stereocenters. The number of anilines is 2.